The van der Waals surface area contributed by atoms with E-state index in [-0.39, 0.29) is 35.2 Å². The van der Waals surface area contributed by atoms with E-state index in [9.17, 15) is 26.4 Å². The standard InChI is InChI=1S/C20H21F3N2O5S/c21-20(22,23)30-18-9-2-1-5-15(18)12-24-19(26)14-6-3-8-17(11-14)31(27,28)25-13-16-7-4-10-29-16/h1-3,5-6,8-9,11,16,25H,4,7,10,12-13H2,(H,24,26). The Hall–Kier alpha value is -2.63. The van der Waals surface area contributed by atoms with Crippen molar-refractivity contribution in [2.24, 2.45) is 0 Å². The third kappa shape index (κ3) is 6.68. The zero-order valence-electron chi connectivity index (χ0n) is 16.3. The van der Waals surface area contributed by atoms with Gasteiger partial charge in [0.05, 0.1) is 11.0 Å². The van der Waals surface area contributed by atoms with Gasteiger partial charge in [-0.05, 0) is 37.1 Å². The number of rotatable bonds is 8. The van der Waals surface area contributed by atoms with Crippen molar-refractivity contribution in [3.63, 3.8) is 0 Å². The molecule has 168 valence electrons. The van der Waals surface area contributed by atoms with Gasteiger partial charge in [0.15, 0.2) is 0 Å². The minimum Gasteiger partial charge on any atom is -0.405 e. The van der Waals surface area contributed by atoms with Crippen LogP contribution >= 0.6 is 0 Å². The molecule has 2 N–H and O–H groups in total. The number of benzene rings is 2. The number of sulfonamides is 1. The van der Waals surface area contributed by atoms with Crippen molar-refractivity contribution in [1.82, 2.24) is 10.0 Å². The summed E-state index contributed by atoms with van der Waals surface area (Å²) < 4.78 is 74.4. The number of halogens is 3. The number of para-hydroxylation sites is 1. The highest BCUT2D eigenvalue weighted by Crippen LogP contribution is 2.26. The predicted molar refractivity (Wildman–Crippen MR) is 105 cm³/mol. The molecule has 1 atom stereocenters. The van der Waals surface area contributed by atoms with E-state index in [2.05, 4.69) is 14.8 Å². The summed E-state index contributed by atoms with van der Waals surface area (Å²) in [5, 5.41) is 2.48. The van der Waals surface area contributed by atoms with Crippen LogP contribution < -0.4 is 14.8 Å². The van der Waals surface area contributed by atoms with Crippen LogP contribution in [0.15, 0.2) is 53.4 Å². The number of hydrogen-bond donors (Lipinski definition) is 2. The molecule has 1 aliphatic rings. The van der Waals surface area contributed by atoms with Crippen LogP contribution in [0.25, 0.3) is 0 Å². The van der Waals surface area contributed by atoms with Gasteiger partial charge in [0.1, 0.15) is 5.75 Å². The van der Waals surface area contributed by atoms with Crippen molar-refractivity contribution in [2.75, 3.05) is 13.2 Å². The monoisotopic (exact) mass is 458 g/mol. The summed E-state index contributed by atoms with van der Waals surface area (Å²) in [5.74, 6) is -1.07. The first-order valence-corrected chi connectivity index (χ1v) is 11.0. The van der Waals surface area contributed by atoms with Gasteiger partial charge in [0, 0.05) is 30.8 Å². The van der Waals surface area contributed by atoms with Crippen LogP contribution in [-0.4, -0.2) is 39.9 Å². The number of alkyl halides is 3. The lowest BCUT2D eigenvalue weighted by Gasteiger charge is -2.14. The second-order valence-electron chi connectivity index (χ2n) is 6.85. The van der Waals surface area contributed by atoms with E-state index in [1.807, 2.05) is 0 Å². The van der Waals surface area contributed by atoms with Crippen LogP contribution in [0, 0.1) is 0 Å². The van der Waals surface area contributed by atoms with E-state index in [1.165, 1.54) is 42.5 Å². The fourth-order valence-electron chi connectivity index (χ4n) is 3.05. The highest BCUT2D eigenvalue weighted by Gasteiger charge is 2.32. The lowest BCUT2D eigenvalue weighted by atomic mass is 10.1. The molecule has 1 saturated heterocycles. The second kappa shape index (κ2) is 9.67. The molecule has 1 unspecified atom stereocenters. The molecule has 31 heavy (non-hydrogen) atoms. The van der Waals surface area contributed by atoms with Crippen molar-refractivity contribution in [2.45, 2.75) is 36.7 Å². The van der Waals surface area contributed by atoms with Crippen LogP contribution in [-0.2, 0) is 21.3 Å². The fraction of sp³-hybridized carbons (Fsp3) is 0.350. The van der Waals surface area contributed by atoms with Crippen LogP contribution in [0.3, 0.4) is 0 Å². The van der Waals surface area contributed by atoms with E-state index >= 15 is 0 Å². The molecule has 1 amide bonds. The lowest BCUT2D eigenvalue weighted by molar-refractivity contribution is -0.274. The quantitative estimate of drug-likeness (QED) is 0.635. The Kier molecular flexibility index (Phi) is 7.19. The van der Waals surface area contributed by atoms with Crippen LogP contribution in [0.4, 0.5) is 13.2 Å². The maximum Gasteiger partial charge on any atom is 0.573 e. The first-order chi connectivity index (χ1) is 14.6. The molecule has 0 bridgehead atoms. The minimum absolute atomic E-state index is 0.0502. The minimum atomic E-state index is -4.86. The van der Waals surface area contributed by atoms with E-state index in [4.69, 9.17) is 4.74 Å². The molecule has 3 rings (SSSR count). The van der Waals surface area contributed by atoms with Crippen molar-refractivity contribution >= 4 is 15.9 Å². The summed E-state index contributed by atoms with van der Waals surface area (Å²) in [7, 11) is -3.85. The van der Waals surface area contributed by atoms with Gasteiger partial charge >= 0.3 is 6.36 Å². The first-order valence-electron chi connectivity index (χ1n) is 9.47. The zero-order chi connectivity index (χ0) is 22.5. The van der Waals surface area contributed by atoms with Gasteiger partial charge in [-0.15, -0.1) is 13.2 Å². The molecule has 0 aliphatic carbocycles. The molecule has 1 heterocycles. The Morgan fingerprint density at radius 2 is 1.94 bits per heavy atom. The summed E-state index contributed by atoms with van der Waals surface area (Å²) >= 11 is 0. The number of carbonyl (C=O) groups excluding carboxylic acids is 1. The predicted octanol–water partition coefficient (Wildman–Crippen LogP) is 2.97. The number of amides is 1. The van der Waals surface area contributed by atoms with Gasteiger partial charge in [-0.3, -0.25) is 4.79 Å². The Labute approximate surface area is 177 Å². The topological polar surface area (TPSA) is 93.7 Å². The average Bonchev–Trinajstić information content (AvgIpc) is 3.24. The van der Waals surface area contributed by atoms with Gasteiger partial charge in [0.2, 0.25) is 10.0 Å². The number of ether oxygens (including phenoxy) is 2. The van der Waals surface area contributed by atoms with Crippen molar-refractivity contribution in [3.05, 3.63) is 59.7 Å². The maximum atomic E-state index is 12.5. The SMILES string of the molecule is O=C(NCc1ccccc1OC(F)(F)F)c1cccc(S(=O)(=O)NCC2CCCO2)c1. The molecule has 1 fully saturated rings. The highest BCUT2D eigenvalue weighted by molar-refractivity contribution is 7.89. The van der Waals surface area contributed by atoms with Crippen LogP contribution in [0.5, 0.6) is 5.75 Å². The third-order valence-corrected chi connectivity index (χ3v) is 5.99. The van der Waals surface area contributed by atoms with E-state index in [0.29, 0.717) is 6.61 Å². The van der Waals surface area contributed by atoms with Gasteiger partial charge < -0.3 is 14.8 Å². The third-order valence-electron chi connectivity index (χ3n) is 4.57. The van der Waals surface area contributed by atoms with E-state index in [1.54, 1.807) is 0 Å². The molecule has 0 aromatic heterocycles. The molecule has 11 heteroatoms. The van der Waals surface area contributed by atoms with E-state index in [0.717, 1.165) is 18.9 Å². The molecule has 0 saturated carbocycles. The normalized spacial score (nSPS) is 16.8. The molecule has 7 nitrogen and oxygen atoms in total. The van der Waals surface area contributed by atoms with Crippen molar-refractivity contribution < 1.29 is 35.9 Å². The molecular weight excluding hydrogens is 437 g/mol. The van der Waals surface area contributed by atoms with Gasteiger partial charge in [-0.2, -0.15) is 0 Å². The molecule has 2 aromatic carbocycles. The lowest BCUT2D eigenvalue weighted by Crippen LogP contribution is -2.32. The Morgan fingerprint density at radius 3 is 2.65 bits per heavy atom. The molecular formula is C20H21F3N2O5S. The Bertz CT molecular complexity index is 1020. The summed E-state index contributed by atoms with van der Waals surface area (Å²) in [4.78, 5) is 12.4. The van der Waals surface area contributed by atoms with Crippen LogP contribution in [0.1, 0.15) is 28.8 Å². The Morgan fingerprint density at radius 1 is 1.16 bits per heavy atom. The van der Waals surface area contributed by atoms with Gasteiger partial charge in [-0.25, -0.2) is 13.1 Å². The number of carbonyl (C=O) groups is 1. The molecule has 0 radical (unpaired) electrons. The smallest absolute Gasteiger partial charge is 0.405 e. The van der Waals surface area contributed by atoms with Gasteiger partial charge in [0.25, 0.3) is 5.91 Å². The first kappa shape index (κ1) is 23.0. The summed E-state index contributed by atoms with van der Waals surface area (Å²) in [6.45, 7) is 0.493. The fourth-order valence-corrected chi connectivity index (χ4v) is 4.16. The zero-order valence-corrected chi connectivity index (χ0v) is 17.1. The van der Waals surface area contributed by atoms with E-state index < -0.39 is 28.0 Å². The Balaban J connectivity index is 1.65. The summed E-state index contributed by atoms with van der Waals surface area (Å²) in [6.07, 6.45) is -3.40. The average molecular weight is 458 g/mol. The molecule has 1 aliphatic heterocycles. The highest BCUT2D eigenvalue weighted by atomic mass is 32.2. The van der Waals surface area contributed by atoms with Crippen LogP contribution in [0.2, 0.25) is 0 Å². The van der Waals surface area contributed by atoms with Crippen molar-refractivity contribution in [1.29, 1.82) is 0 Å². The summed E-state index contributed by atoms with van der Waals surface area (Å²) in [5.41, 5.74) is 0.171. The maximum absolute atomic E-state index is 12.5. The van der Waals surface area contributed by atoms with Gasteiger partial charge in [-0.1, -0.05) is 24.3 Å². The number of hydrogen-bond acceptors (Lipinski definition) is 5. The van der Waals surface area contributed by atoms with Crippen molar-refractivity contribution in [3.8, 4) is 5.75 Å². The number of nitrogens with one attached hydrogen (secondary N) is 2. The molecule has 0 spiro atoms. The largest absolute Gasteiger partial charge is 0.573 e. The molecule has 2 aromatic rings. The second-order valence-corrected chi connectivity index (χ2v) is 8.62. The summed E-state index contributed by atoms with van der Waals surface area (Å²) in [6, 6.07) is 10.8.